The summed E-state index contributed by atoms with van der Waals surface area (Å²) in [4.78, 5) is 18.8. The molecule has 1 saturated carbocycles. The molecule has 35 heavy (non-hydrogen) atoms. The third kappa shape index (κ3) is 6.29. The van der Waals surface area contributed by atoms with Crippen molar-refractivity contribution in [2.45, 2.75) is 41.9 Å². The van der Waals surface area contributed by atoms with Crippen LogP contribution in [0, 0.1) is 5.92 Å². The molecule has 2 unspecified atom stereocenters. The maximum Gasteiger partial charge on any atom is 0.469 e. The number of phosphoric ester groups is 1. The lowest BCUT2D eigenvalue weighted by Gasteiger charge is -2.30. The molecule has 0 amide bonds. The van der Waals surface area contributed by atoms with Crippen LogP contribution >= 0.6 is 7.82 Å². The summed E-state index contributed by atoms with van der Waals surface area (Å²) >= 11 is 0. The van der Waals surface area contributed by atoms with Gasteiger partial charge in [-0.3, -0.25) is 4.52 Å². The maximum atomic E-state index is 13.1. The van der Waals surface area contributed by atoms with E-state index in [0.29, 0.717) is 18.2 Å². The number of hydrogen-bond donors (Lipinski definition) is 3. The van der Waals surface area contributed by atoms with Crippen LogP contribution in [0.5, 0.6) is 0 Å². The Morgan fingerprint density at radius 1 is 0.943 bits per heavy atom. The Labute approximate surface area is 204 Å². The van der Waals surface area contributed by atoms with Gasteiger partial charge in [0.15, 0.2) is 9.84 Å². The van der Waals surface area contributed by atoms with E-state index in [0.717, 1.165) is 35.3 Å². The van der Waals surface area contributed by atoms with Gasteiger partial charge in [0.25, 0.3) is 0 Å². The molecule has 1 aliphatic rings. The molecule has 3 aromatic rings. The molecule has 0 aliphatic heterocycles. The van der Waals surface area contributed by atoms with Gasteiger partial charge >= 0.3 is 7.82 Å². The lowest BCUT2D eigenvalue weighted by atomic mass is 9.99. The fraction of sp³-hybridized carbons (Fsp3) is 0.391. The Balaban J connectivity index is 1.63. The molecule has 0 heterocycles. The smallest absolute Gasteiger partial charge is 0.303 e. The third-order valence-corrected chi connectivity index (χ3v) is 10.1. The summed E-state index contributed by atoms with van der Waals surface area (Å²) in [5.74, 6) is -0.375. The van der Waals surface area contributed by atoms with Crippen LogP contribution in [-0.4, -0.2) is 50.8 Å². The van der Waals surface area contributed by atoms with Crippen LogP contribution in [0.3, 0.4) is 0 Å². The minimum atomic E-state index is -5.09. The number of hydrogen-bond acceptors (Lipinski definition) is 6. The van der Waals surface area contributed by atoms with Crippen molar-refractivity contribution in [2.75, 3.05) is 12.8 Å². The maximum absolute atomic E-state index is 13.1. The van der Waals surface area contributed by atoms with E-state index in [2.05, 4.69) is 4.72 Å². The highest BCUT2D eigenvalue weighted by Gasteiger charge is 2.42. The zero-order valence-corrected chi connectivity index (χ0v) is 21.6. The van der Waals surface area contributed by atoms with Crippen LogP contribution in [0.25, 0.3) is 21.5 Å². The van der Waals surface area contributed by atoms with Crippen molar-refractivity contribution in [3.63, 3.8) is 0 Å². The number of nitrogens with one attached hydrogen (secondary N) is 1. The molecule has 0 bridgehead atoms. The highest BCUT2D eigenvalue weighted by Crippen LogP contribution is 2.42. The first-order valence-electron chi connectivity index (χ1n) is 11.2. The Kier molecular flexibility index (Phi) is 7.41. The first-order valence-corrected chi connectivity index (χ1v) is 16.2. The summed E-state index contributed by atoms with van der Waals surface area (Å²) in [6, 6.07) is 16.1. The van der Waals surface area contributed by atoms with Gasteiger partial charge in [0, 0.05) is 12.8 Å². The van der Waals surface area contributed by atoms with E-state index in [-0.39, 0.29) is 10.8 Å². The van der Waals surface area contributed by atoms with E-state index in [1.165, 1.54) is 12.1 Å². The predicted octanol–water partition coefficient (Wildman–Crippen LogP) is 3.35. The number of sulfonamides is 1. The highest BCUT2D eigenvalue weighted by atomic mass is 32.2. The molecule has 4 rings (SSSR count). The average Bonchev–Trinajstić information content (AvgIpc) is 3.27. The molecule has 0 saturated heterocycles. The largest absolute Gasteiger partial charge is 0.469 e. The van der Waals surface area contributed by atoms with Crippen LogP contribution in [0.15, 0.2) is 59.5 Å². The summed E-state index contributed by atoms with van der Waals surface area (Å²) in [5, 5.41) is 2.27. The van der Waals surface area contributed by atoms with Gasteiger partial charge in [0.05, 0.1) is 16.2 Å². The van der Waals surface area contributed by atoms with Gasteiger partial charge in [0.1, 0.15) is 0 Å². The van der Waals surface area contributed by atoms with Gasteiger partial charge < -0.3 is 9.79 Å². The van der Waals surface area contributed by atoms with Crippen LogP contribution in [0.1, 0.15) is 25.7 Å². The van der Waals surface area contributed by atoms with Crippen LogP contribution in [-0.2, 0) is 28.9 Å². The number of rotatable bonds is 9. The number of phosphoric acid groups is 1. The first kappa shape index (κ1) is 26.2. The molecule has 2 atom stereocenters. The van der Waals surface area contributed by atoms with Crippen molar-refractivity contribution in [1.82, 2.24) is 4.72 Å². The van der Waals surface area contributed by atoms with Crippen molar-refractivity contribution in [3.8, 4) is 0 Å². The summed E-state index contributed by atoms with van der Waals surface area (Å²) in [6.07, 6.45) is 2.13. The first-order chi connectivity index (χ1) is 16.3. The van der Waals surface area contributed by atoms with Crippen LogP contribution in [0.2, 0.25) is 0 Å². The standard InChI is InChI=1S/C23H28NO8PS2/c1-34(28,29)23(16-6-2-3-7-16)22(32-33(25,26)27)15-24-35(30,31)21-11-10-19-12-17-8-4-5-9-18(17)13-20(19)14-21/h4-5,8-14,16,22-24H,2-3,6-7,15H2,1H3,(H2,25,26,27). The lowest BCUT2D eigenvalue weighted by molar-refractivity contribution is 0.118. The average molecular weight is 542 g/mol. The zero-order valence-electron chi connectivity index (χ0n) is 19.1. The van der Waals surface area contributed by atoms with Gasteiger partial charge in [-0.1, -0.05) is 43.2 Å². The predicted molar refractivity (Wildman–Crippen MR) is 134 cm³/mol. The number of fused-ring (bicyclic) bond motifs is 2. The van der Waals surface area contributed by atoms with Gasteiger partial charge in [0.2, 0.25) is 10.0 Å². The van der Waals surface area contributed by atoms with E-state index in [1.807, 2.05) is 36.4 Å². The van der Waals surface area contributed by atoms with Crippen LogP contribution in [0.4, 0.5) is 0 Å². The van der Waals surface area contributed by atoms with Crippen molar-refractivity contribution in [3.05, 3.63) is 54.6 Å². The minimum Gasteiger partial charge on any atom is -0.303 e. The Morgan fingerprint density at radius 2 is 1.51 bits per heavy atom. The molecule has 1 aliphatic carbocycles. The molecule has 1 fully saturated rings. The second-order valence-corrected chi connectivity index (χ2v) is 14.2. The fourth-order valence-corrected chi connectivity index (χ4v) is 8.36. The molecule has 3 N–H and O–H groups in total. The molecule has 0 spiro atoms. The molecule has 12 heteroatoms. The zero-order chi connectivity index (χ0) is 25.4. The quantitative estimate of drug-likeness (QED) is 0.276. The van der Waals surface area contributed by atoms with Crippen molar-refractivity contribution in [1.29, 1.82) is 0 Å². The normalized spacial score (nSPS) is 17.7. The van der Waals surface area contributed by atoms with Crippen molar-refractivity contribution < 1.29 is 35.7 Å². The van der Waals surface area contributed by atoms with E-state index < -0.39 is 45.6 Å². The molecule has 190 valence electrons. The third-order valence-electron chi connectivity index (χ3n) is 6.46. The van der Waals surface area contributed by atoms with Gasteiger partial charge in [-0.05, 0) is 64.6 Å². The highest BCUT2D eigenvalue weighted by molar-refractivity contribution is 7.91. The number of benzene rings is 3. The minimum absolute atomic E-state index is 0.0491. The molecular formula is C23H28NO8PS2. The van der Waals surface area contributed by atoms with Crippen molar-refractivity contribution in [2.24, 2.45) is 5.92 Å². The monoisotopic (exact) mass is 541 g/mol. The summed E-state index contributed by atoms with van der Waals surface area (Å²) in [5.41, 5.74) is 0. The van der Waals surface area contributed by atoms with Crippen LogP contribution < -0.4 is 4.72 Å². The van der Waals surface area contributed by atoms with E-state index in [4.69, 9.17) is 4.52 Å². The molecule has 0 radical (unpaired) electrons. The van der Waals surface area contributed by atoms with Crippen molar-refractivity contribution >= 4 is 49.2 Å². The van der Waals surface area contributed by atoms with Gasteiger partial charge in [-0.15, -0.1) is 0 Å². The topological polar surface area (TPSA) is 147 Å². The fourth-order valence-electron chi connectivity index (χ4n) is 4.97. The summed E-state index contributed by atoms with van der Waals surface area (Å²) in [7, 11) is -13.0. The second kappa shape index (κ2) is 9.89. The van der Waals surface area contributed by atoms with Gasteiger partial charge in [-0.25, -0.2) is 26.1 Å². The van der Waals surface area contributed by atoms with E-state index >= 15 is 0 Å². The molecular weight excluding hydrogens is 513 g/mol. The lowest BCUT2D eigenvalue weighted by Crippen LogP contribution is -2.46. The summed E-state index contributed by atoms with van der Waals surface area (Å²) < 4.78 is 70.2. The number of sulfone groups is 1. The second-order valence-electron chi connectivity index (χ2n) is 9.03. The molecule has 3 aromatic carbocycles. The summed E-state index contributed by atoms with van der Waals surface area (Å²) in [6.45, 7) is -0.600. The Bertz CT molecular complexity index is 1490. The Morgan fingerprint density at radius 3 is 2.09 bits per heavy atom. The van der Waals surface area contributed by atoms with E-state index in [9.17, 15) is 31.2 Å². The Hall–Kier alpha value is -1.85. The SMILES string of the molecule is CS(=O)(=O)C(C1CCCC1)C(CNS(=O)(=O)c1ccc2cc3ccccc3cc2c1)OP(=O)(O)O. The molecule has 9 nitrogen and oxygen atoms in total. The van der Waals surface area contributed by atoms with E-state index in [1.54, 1.807) is 6.07 Å². The van der Waals surface area contributed by atoms with Gasteiger partial charge in [-0.2, -0.15) is 0 Å². The molecule has 0 aromatic heterocycles.